The number of benzene rings is 1. The molecule has 0 unspecified atom stereocenters. The molecule has 22 heavy (non-hydrogen) atoms. The molecule has 0 bridgehead atoms. The van der Waals surface area contributed by atoms with Crippen molar-refractivity contribution in [3.05, 3.63) is 41.7 Å². The molecule has 1 aromatic carbocycles. The third-order valence-corrected chi connectivity index (χ3v) is 3.93. The molecule has 6 heteroatoms. The molecule has 1 aliphatic rings. The van der Waals surface area contributed by atoms with E-state index in [1.165, 1.54) is 0 Å². The summed E-state index contributed by atoms with van der Waals surface area (Å²) in [6.07, 6.45) is 2.81. The van der Waals surface area contributed by atoms with Crippen LogP contribution in [-0.4, -0.2) is 37.2 Å². The number of hydrogen-bond donors (Lipinski definition) is 1. The summed E-state index contributed by atoms with van der Waals surface area (Å²) in [5.41, 5.74) is 4.29. The molecule has 0 fully saturated rings. The van der Waals surface area contributed by atoms with Gasteiger partial charge in [0.05, 0.1) is 41.6 Å². The molecule has 0 saturated heterocycles. The van der Waals surface area contributed by atoms with E-state index in [0.717, 1.165) is 16.7 Å². The van der Waals surface area contributed by atoms with Crippen molar-refractivity contribution in [2.45, 2.75) is 19.4 Å². The smallest absolute Gasteiger partial charge is 0.167 e. The van der Waals surface area contributed by atoms with Crippen LogP contribution in [0.1, 0.15) is 22.5 Å². The fourth-order valence-corrected chi connectivity index (χ4v) is 2.93. The molecule has 2 heterocycles. The molecule has 0 spiro atoms. The number of hydrogen-bond acceptors (Lipinski definition) is 5. The maximum Gasteiger partial charge on any atom is 0.167 e. The van der Waals surface area contributed by atoms with Crippen LogP contribution in [0.5, 0.6) is 0 Å². The van der Waals surface area contributed by atoms with Crippen LogP contribution in [0.25, 0.3) is 22.4 Å². The van der Waals surface area contributed by atoms with Gasteiger partial charge in [0.25, 0.3) is 0 Å². The van der Waals surface area contributed by atoms with Crippen molar-refractivity contribution in [2.24, 2.45) is 0 Å². The SMILES string of the molecule is O=C1CCc2c1c(-c1cnc3ccccc3n1)nn2CCO. The van der Waals surface area contributed by atoms with Crippen molar-refractivity contribution in [1.82, 2.24) is 19.7 Å². The average molecular weight is 294 g/mol. The lowest BCUT2D eigenvalue weighted by Crippen LogP contribution is -2.07. The largest absolute Gasteiger partial charge is 0.394 e. The first-order valence-corrected chi connectivity index (χ1v) is 7.24. The van der Waals surface area contributed by atoms with Gasteiger partial charge in [0.2, 0.25) is 0 Å². The second kappa shape index (κ2) is 4.99. The van der Waals surface area contributed by atoms with Gasteiger partial charge in [0.15, 0.2) is 5.78 Å². The molecular formula is C16H14N4O2. The minimum absolute atomic E-state index is 0.00878. The van der Waals surface area contributed by atoms with Crippen LogP contribution < -0.4 is 0 Å². The summed E-state index contributed by atoms with van der Waals surface area (Å²) < 4.78 is 1.71. The normalized spacial score (nSPS) is 13.8. The van der Waals surface area contributed by atoms with E-state index in [1.807, 2.05) is 24.3 Å². The Bertz CT molecular complexity index is 885. The minimum atomic E-state index is -0.00878. The number of rotatable bonds is 3. The zero-order chi connectivity index (χ0) is 15.1. The van der Waals surface area contributed by atoms with Gasteiger partial charge in [-0.3, -0.25) is 14.5 Å². The first kappa shape index (κ1) is 13.1. The van der Waals surface area contributed by atoms with Gasteiger partial charge in [-0.25, -0.2) is 4.98 Å². The Morgan fingerprint density at radius 1 is 1.18 bits per heavy atom. The molecule has 1 aliphatic carbocycles. The second-order valence-corrected chi connectivity index (χ2v) is 5.28. The van der Waals surface area contributed by atoms with Gasteiger partial charge >= 0.3 is 0 Å². The molecule has 4 rings (SSSR count). The van der Waals surface area contributed by atoms with Crippen molar-refractivity contribution in [1.29, 1.82) is 0 Å². The quantitative estimate of drug-likeness (QED) is 0.793. The topological polar surface area (TPSA) is 80.9 Å². The predicted molar refractivity (Wildman–Crippen MR) is 80.5 cm³/mol. The summed E-state index contributed by atoms with van der Waals surface area (Å²) >= 11 is 0. The van der Waals surface area contributed by atoms with Crippen LogP contribution in [0.15, 0.2) is 30.5 Å². The van der Waals surface area contributed by atoms with Crippen LogP contribution in [-0.2, 0) is 13.0 Å². The number of aliphatic hydroxyl groups is 1. The summed E-state index contributed by atoms with van der Waals surface area (Å²) in [5.74, 6) is 0.0872. The summed E-state index contributed by atoms with van der Waals surface area (Å²) in [6.45, 7) is 0.377. The summed E-state index contributed by atoms with van der Waals surface area (Å²) in [5, 5.41) is 13.6. The maximum absolute atomic E-state index is 12.2. The Labute approximate surface area is 126 Å². The van der Waals surface area contributed by atoms with E-state index in [-0.39, 0.29) is 12.4 Å². The minimum Gasteiger partial charge on any atom is -0.394 e. The molecule has 6 nitrogen and oxygen atoms in total. The number of carbonyl (C=O) groups is 1. The molecule has 3 aromatic rings. The average Bonchev–Trinajstić information content (AvgIpc) is 3.09. The first-order chi connectivity index (χ1) is 10.8. The van der Waals surface area contributed by atoms with Crippen LogP contribution in [0.3, 0.4) is 0 Å². The molecule has 110 valence electrons. The Morgan fingerprint density at radius 2 is 2.00 bits per heavy atom. The lowest BCUT2D eigenvalue weighted by Gasteiger charge is -2.02. The zero-order valence-electron chi connectivity index (χ0n) is 11.9. The van der Waals surface area contributed by atoms with E-state index < -0.39 is 0 Å². The van der Waals surface area contributed by atoms with Crippen molar-refractivity contribution in [3.8, 4) is 11.4 Å². The van der Waals surface area contributed by atoms with Crippen LogP contribution in [0.4, 0.5) is 0 Å². The van der Waals surface area contributed by atoms with E-state index in [9.17, 15) is 4.79 Å². The predicted octanol–water partition coefficient (Wildman–Crippen LogP) is 1.61. The van der Waals surface area contributed by atoms with E-state index >= 15 is 0 Å². The second-order valence-electron chi connectivity index (χ2n) is 5.28. The standard InChI is InChI=1S/C16H14N4O2/c21-8-7-20-13-5-6-14(22)15(13)16(19-20)12-9-17-10-3-1-2-4-11(10)18-12/h1-4,9,21H,5-8H2. The molecular weight excluding hydrogens is 280 g/mol. The highest BCUT2D eigenvalue weighted by Crippen LogP contribution is 2.31. The fraction of sp³-hybridized carbons (Fsp3) is 0.250. The highest BCUT2D eigenvalue weighted by molar-refractivity contribution is 6.05. The summed E-state index contributed by atoms with van der Waals surface area (Å²) in [4.78, 5) is 21.1. The van der Waals surface area contributed by atoms with E-state index in [0.29, 0.717) is 36.3 Å². The summed E-state index contributed by atoms with van der Waals surface area (Å²) in [6, 6.07) is 7.60. The number of carbonyl (C=O) groups excluding carboxylic acids is 1. The molecule has 1 N–H and O–H groups in total. The number of Topliss-reactive ketones (excluding diaryl/α,β-unsaturated/α-hetero) is 1. The van der Waals surface area contributed by atoms with Gasteiger partial charge in [-0.2, -0.15) is 5.10 Å². The van der Waals surface area contributed by atoms with Crippen LogP contribution >= 0.6 is 0 Å². The van der Waals surface area contributed by atoms with Crippen LogP contribution in [0, 0.1) is 0 Å². The number of aromatic nitrogens is 4. The van der Waals surface area contributed by atoms with Crippen molar-refractivity contribution >= 4 is 16.8 Å². The molecule has 0 radical (unpaired) electrons. The van der Waals surface area contributed by atoms with Crippen LogP contribution in [0.2, 0.25) is 0 Å². The monoisotopic (exact) mass is 294 g/mol. The number of aliphatic hydroxyl groups excluding tert-OH is 1. The molecule has 0 aliphatic heterocycles. The third-order valence-electron chi connectivity index (χ3n) is 3.93. The highest BCUT2D eigenvalue weighted by atomic mass is 16.3. The van der Waals surface area contributed by atoms with Gasteiger partial charge in [-0.05, 0) is 18.6 Å². The molecule has 0 saturated carbocycles. The van der Waals surface area contributed by atoms with E-state index in [2.05, 4.69) is 15.1 Å². The van der Waals surface area contributed by atoms with Gasteiger partial charge < -0.3 is 5.11 Å². The number of fused-ring (bicyclic) bond motifs is 2. The van der Waals surface area contributed by atoms with Gasteiger partial charge in [-0.15, -0.1) is 0 Å². The third kappa shape index (κ3) is 1.92. The van der Waals surface area contributed by atoms with Gasteiger partial charge in [-0.1, -0.05) is 12.1 Å². The zero-order valence-corrected chi connectivity index (χ0v) is 11.9. The first-order valence-electron chi connectivity index (χ1n) is 7.24. The van der Waals surface area contributed by atoms with Gasteiger partial charge in [0, 0.05) is 6.42 Å². The van der Waals surface area contributed by atoms with Crippen molar-refractivity contribution in [3.63, 3.8) is 0 Å². The van der Waals surface area contributed by atoms with Crippen molar-refractivity contribution < 1.29 is 9.90 Å². The Hall–Kier alpha value is -2.60. The Kier molecular flexibility index (Phi) is 2.97. The Morgan fingerprint density at radius 3 is 2.82 bits per heavy atom. The Balaban J connectivity index is 1.91. The lowest BCUT2D eigenvalue weighted by molar-refractivity contribution is 0.0995. The summed E-state index contributed by atoms with van der Waals surface area (Å²) in [7, 11) is 0. The lowest BCUT2D eigenvalue weighted by atomic mass is 10.1. The highest BCUT2D eigenvalue weighted by Gasteiger charge is 2.30. The molecule has 2 aromatic heterocycles. The number of para-hydroxylation sites is 2. The molecule has 0 amide bonds. The van der Waals surface area contributed by atoms with E-state index in [1.54, 1.807) is 10.9 Å². The van der Waals surface area contributed by atoms with Gasteiger partial charge in [0.1, 0.15) is 11.4 Å². The maximum atomic E-state index is 12.2. The molecule has 0 atom stereocenters. The number of ketones is 1. The van der Waals surface area contributed by atoms with E-state index in [4.69, 9.17) is 5.11 Å². The fourth-order valence-electron chi connectivity index (χ4n) is 2.93. The number of nitrogens with zero attached hydrogens (tertiary/aromatic N) is 4. The van der Waals surface area contributed by atoms with Crippen molar-refractivity contribution in [2.75, 3.05) is 6.61 Å².